The van der Waals surface area contributed by atoms with Gasteiger partial charge in [-0.3, -0.25) is 14.5 Å². The van der Waals surface area contributed by atoms with Gasteiger partial charge in [-0.2, -0.15) is 0 Å². The van der Waals surface area contributed by atoms with Crippen LogP contribution in [-0.2, 0) is 38.8 Å². The highest BCUT2D eigenvalue weighted by atomic mass is 16.6. The molecule has 1 heterocycles. The summed E-state index contributed by atoms with van der Waals surface area (Å²) < 4.78 is 11.4. The average molecular weight is 444 g/mol. The van der Waals surface area contributed by atoms with E-state index in [9.17, 15) is 9.59 Å². The van der Waals surface area contributed by atoms with Gasteiger partial charge in [0.05, 0.1) is 0 Å². The number of rotatable bonds is 8. The van der Waals surface area contributed by atoms with Gasteiger partial charge in [-0.15, -0.1) is 0 Å². The molecular formula is C28H29NO4. The molecule has 5 heteroatoms. The van der Waals surface area contributed by atoms with Crippen LogP contribution in [-0.4, -0.2) is 29.9 Å². The Morgan fingerprint density at radius 2 is 1.15 bits per heavy atom. The third-order valence-electron chi connectivity index (χ3n) is 6.03. The maximum absolute atomic E-state index is 13.4. The summed E-state index contributed by atoms with van der Waals surface area (Å²) in [5.41, 5.74) is 1.58. The Labute approximate surface area is 194 Å². The van der Waals surface area contributed by atoms with Crippen molar-refractivity contribution < 1.29 is 19.1 Å². The second-order valence-corrected chi connectivity index (χ2v) is 8.51. The smallest absolute Gasteiger partial charge is 0.325 e. The van der Waals surface area contributed by atoms with E-state index >= 15 is 0 Å². The van der Waals surface area contributed by atoms with Gasteiger partial charge < -0.3 is 9.47 Å². The Bertz CT molecular complexity index is 982. The molecule has 1 saturated heterocycles. The molecule has 0 aliphatic carbocycles. The van der Waals surface area contributed by atoms with Crippen molar-refractivity contribution in [3.05, 3.63) is 108 Å². The zero-order valence-electron chi connectivity index (χ0n) is 18.7. The first-order valence-corrected chi connectivity index (χ1v) is 11.3. The second kappa shape index (κ2) is 10.9. The summed E-state index contributed by atoms with van der Waals surface area (Å²) in [5, 5.41) is 0. The third kappa shape index (κ3) is 5.88. The molecule has 0 atom stereocenters. The maximum Gasteiger partial charge on any atom is 0.325 e. The number of piperidine rings is 1. The molecule has 170 valence electrons. The van der Waals surface area contributed by atoms with Crippen molar-refractivity contribution in [3.63, 3.8) is 0 Å². The van der Waals surface area contributed by atoms with Gasteiger partial charge in [0.15, 0.2) is 5.41 Å². The van der Waals surface area contributed by atoms with Crippen LogP contribution in [0.25, 0.3) is 0 Å². The molecule has 1 aliphatic rings. The lowest BCUT2D eigenvalue weighted by atomic mass is 9.79. The summed E-state index contributed by atoms with van der Waals surface area (Å²) in [6, 6.07) is 29.1. The van der Waals surface area contributed by atoms with Gasteiger partial charge in [0.25, 0.3) is 0 Å². The molecule has 3 aromatic rings. The first-order chi connectivity index (χ1) is 16.2. The van der Waals surface area contributed by atoms with Crippen molar-refractivity contribution >= 4 is 11.9 Å². The molecule has 4 rings (SSSR count). The van der Waals surface area contributed by atoms with E-state index in [0.29, 0.717) is 19.4 Å². The topological polar surface area (TPSA) is 55.8 Å². The van der Waals surface area contributed by atoms with Crippen LogP contribution in [0.2, 0.25) is 0 Å². The molecule has 5 nitrogen and oxygen atoms in total. The predicted molar refractivity (Wildman–Crippen MR) is 126 cm³/mol. The van der Waals surface area contributed by atoms with Crippen molar-refractivity contribution in [2.24, 2.45) is 5.41 Å². The molecule has 1 fully saturated rings. The molecule has 3 aromatic carbocycles. The van der Waals surface area contributed by atoms with Crippen LogP contribution < -0.4 is 0 Å². The van der Waals surface area contributed by atoms with Crippen LogP contribution in [0.4, 0.5) is 0 Å². The number of carbonyl (C=O) groups is 2. The number of benzene rings is 3. The van der Waals surface area contributed by atoms with E-state index in [1.54, 1.807) is 0 Å². The van der Waals surface area contributed by atoms with E-state index in [1.165, 1.54) is 0 Å². The number of esters is 2. The fourth-order valence-electron chi connectivity index (χ4n) is 4.26. The molecule has 0 N–H and O–H groups in total. The number of likely N-dealkylation sites (tertiary alicyclic amines) is 1. The molecule has 0 saturated carbocycles. The maximum atomic E-state index is 13.4. The number of carbonyl (C=O) groups excluding carboxylic acids is 2. The highest BCUT2D eigenvalue weighted by Crippen LogP contribution is 2.34. The van der Waals surface area contributed by atoms with E-state index < -0.39 is 17.4 Å². The molecule has 0 unspecified atom stereocenters. The molecule has 0 spiro atoms. The minimum atomic E-state index is -1.34. The fourth-order valence-corrected chi connectivity index (χ4v) is 4.26. The number of ether oxygens (including phenoxy) is 2. The SMILES string of the molecule is O=C(OCc1ccccc1)C1(C(=O)OCc2ccccc2)CCCN(Cc2ccccc2)C1. The van der Waals surface area contributed by atoms with E-state index in [2.05, 4.69) is 17.0 Å². The molecule has 0 amide bonds. The Hall–Kier alpha value is -3.44. The highest BCUT2D eigenvalue weighted by molar-refractivity contribution is 6.00. The zero-order chi connectivity index (χ0) is 22.9. The summed E-state index contributed by atoms with van der Waals surface area (Å²) in [4.78, 5) is 28.9. The van der Waals surface area contributed by atoms with Gasteiger partial charge in [0.2, 0.25) is 0 Å². The van der Waals surface area contributed by atoms with Gasteiger partial charge in [0.1, 0.15) is 13.2 Å². The first kappa shape index (κ1) is 22.7. The van der Waals surface area contributed by atoms with Crippen molar-refractivity contribution in [3.8, 4) is 0 Å². The Morgan fingerprint density at radius 3 is 1.64 bits per heavy atom. The Balaban J connectivity index is 1.51. The van der Waals surface area contributed by atoms with Crippen LogP contribution in [0.1, 0.15) is 29.5 Å². The van der Waals surface area contributed by atoms with Crippen LogP contribution in [0.3, 0.4) is 0 Å². The molecule has 0 bridgehead atoms. The number of hydrogen-bond acceptors (Lipinski definition) is 5. The second-order valence-electron chi connectivity index (χ2n) is 8.51. The molecule has 33 heavy (non-hydrogen) atoms. The van der Waals surface area contributed by atoms with E-state index in [4.69, 9.17) is 9.47 Å². The number of nitrogens with zero attached hydrogens (tertiary/aromatic N) is 1. The van der Waals surface area contributed by atoms with Crippen LogP contribution in [0.5, 0.6) is 0 Å². The van der Waals surface area contributed by atoms with Crippen LogP contribution in [0, 0.1) is 5.41 Å². The monoisotopic (exact) mass is 443 g/mol. The van der Waals surface area contributed by atoms with Crippen LogP contribution in [0.15, 0.2) is 91.0 Å². The molecular weight excluding hydrogens is 414 g/mol. The molecule has 1 aliphatic heterocycles. The largest absolute Gasteiger partial charge is 0.460 e. The molecule has 0 aromatic heterocycles. The van der Waals surface area contributed by atoms with Gasteiger partial charge in [-0.1, -0.05) is 91.0 Å². The van der Waals surface area contributed by atoms with Gasteiger partial charge in [-0.05, 0) is 36.1 Å². The zero-order valence-corrected chi connectivity index (χ0v) is 18.7. The normalized spacial score (nSPS) is 15.5. The molecule has 0 radical (unpaired) electrons. The Morgan fingerprint density at radius 1 is 0.697 bits per heavy atom. The van der Waals surface area contributed by atoms with Crippen molar-refractivity contribution in [2.45, 2.75) is 32.6 Å². The van der Waals surface area contributed by atoms with Crippen molar-refractivity contribution in [2.75, 3.05) is 13.1 Å². The lowest BCUT2D eigenvalue weighted by molar-refractivity contribution is -0.179. The van der Waals surface area contributed by atoms with E-state index in [-0.39, 0.29) is 19.8 Å². The van der Waals surface area contributed by atoms with Gasteiger partial charge >= 0.3 is 11.9 Å². The summed E-state index contributed by atoms with van der Waals surface area (Å²) >= 11 is 0. The van der Waals surface area contributed by atoms with Gasteiger partial charge in [0, 0.05) is 13.1 Å². The van der Waals surface area contributed by atoms with Crippen molar-refractivity contribution in [1.82, 2.24) is 4.90 Å². The standard InChI is InChI=1S/C28H29NO4/c30-26(32-20-24-13-6-2-7-14-24)28(27(31)33-21-25-15-8-3-9-16-25)17-10-18-29(22-28)19-23-11-4-1-5-12-23/h1-9,11-16H,10,17-22H2. The van der Waals surface area contributed by atoms with E-state index in [1.807, 2.05) is 78.9 Å². The first-order valence-electron chi connectivity index (χ1n) is 11.3. The van der Waals surface area contributed by atoms with E-state index in [0.717, 1.165) is 23.2 Å². The lowest BCUT2D eigenvalue weighted by Crippen LogP contribution is -2.53. The summed E-state index contributed by atoms with van der Waals surface area (Å²) in [6.45, 7) is 2.02. The van der Waals surface area contributed by atoms with Crippen LogP contribution >= 0.6 is 0 Å². The average Bonchev–Trinajstić information content (AvgIpc) is 2.87. The minimum Gasteiger partial charge on any atom is -0.460 e. The fraction of sp³-hybridized carbons (Fsp3) is 0.286. The lowest BCUT2D eigenvalue weighted by Gasteiger charge is -2.39. The van der Waals surface area contributed by atoms with Crippen molar-refractivity contribution in [1.29, 1.82) is 0 Å². The third-order valence-corrected chi connectivity index (χ3v) is 6.03. The minimum absolute atomic E-state index is 0.131. The summed E-state index contributed by atoms with van der Waals surface area (Å²) in [5.74, 6) is -1.02. The predicted octanol–water partition coefficient (Wildman–Crippen LogP) is 4.76. The Kier molecular flexibility index (Phi) is 7.53. The van der Waals surface area contributed by atoms with Gasteiger partial charge in [-0.25, -0.2) is 0 Å². The quantitative estimate of drug-likeness (QED) is 0.371. The number of hydrogen-bond donors (Lipinski definition) is 0. The highest BCUT2D eigenvalue weighted by Gasteiger charge is 2.51. The summed E-state index contributed by atoms with van der Waals surface area (Å²) in [6.07, 6.45) is 1.13. The summed E-state index contributed by atoms with van der Waals surface area (Å²) in [7, 11) is 0.